The Morgan fingerprint density at radius 2 is 0.904 bits per heavy atom. The van der Waals surface area contributed by atoms with Crippen molar-refractivity contribution in [3.63, 3.8) is 0 Å². The van der Waals surface area contributed by atoms with Crippen molar-refractivity contribution in [3.05, 3.63) is 200 Å². The number of benzene rings is 9. The number of nitrogens with zero attached hydrogens (tertiary/aromatic N) is 1. The summed E-state index contributed by atoms with van der Waals surface area (Å²) in [6.07, 6.45) is 0. The highest BCUT2D eigenvalue weighted by atomic mass is 16.3. The Morgan fingerprint density at radius 1 is 0.308 bits per heavy atom. The van der Waals surface area contributed by atoms with E-state index in [0.717, 1.165) is 55.7 Å². The van der Waals surface area contributed by atoms with Gasteiger partial charge in [-0.15, -0.1) is 0 Å². The van der Waals surface area contributed by atoms with Gasteiger partial charge in [-0.05, 0) is 86.3 Å². The molecule has 0 N–H and O–H groups in total. The van der Waals surface area contributed by atoms with E-state index in [1.165, 1.54) is 38.2 Å². The maximum absolute atomic E-state index is 6.22. The molecule has 52 heavy (non-hydrogen) atoms. The Hall–Kier alpha value is -6.90. The quantitative estimate of drug-likeness (QED) is 0.165. The average Bonchev–Trinajstić information content (AvgIpc) is 3.59. The molecule has 2 heteroatoms. The van der Waals surface area contributed by atoms with Gasteiger partial charge in [0.25, 0.3) is 0 Å². The van der Waals surface area contributed by atoms with Crippen LogP contribution in [0, 0.1) is 0 Å². The summed E-state index contributed by atoms with van der Waals surface area (Å²) in [5.41, 5.74) is 12.1. The molecule has 0 amide bonds. The van der Waals surface area contributed by atoms with Crippen LogP contribution in [0.1, 0.15) is 0 Å². The molecule has 1 aromatic heterocycles. The Morgan fingerprint density at radius 3 is 1.75 bits per heavy atom. The first-order valence-electron chi connectivity index (χ1n) is 17.8. The zero-order valence-electron chi connectivity index (χ0n) is 28.4. The monoisotopic (exact) mass is 663 g/mol. The van der Waals surface area contributed by atoms with Crippen molar-refractivity contribution >= 4 is 60.5 Å². The van der Waals surface area contributed by atoms with Gasteiger partial charge in [0.1, 0.15) is 11.2 Å². The third kappa shape index (κ3) is 5.04. The third-order valence-corrected chi connectivity index (χ3v) is 10.3. The number of furan rings is 1. The maximum atomic E-state index is 6.22. The molecule has 0 fully saturated rings. The van der Waals surface area contributed by atoms with Gasteiger partial charge in [0.15, 0.2) is 0 Å². The Kier molecular flexibility index (Phi) is 7.18. The lowest BCUT2D eigenvalue weighted by atomic mass is 9.94. The van der Waals surface area contributed by atoms with E-state index < -0.39 is 0 Å². The van der Waals surface area contributed by atoms with Gasteiger partial charge in [-0.1, -0.05) is 158 Å². The molecule has 0 saturated heterocycles. The predicted octanol–water partition coefficient (Wildman–Crippen LogP) is 14.4. The molecule has 2 nitrogen and oxygen atoms in total. The second-order valence-corrected chi connectivity index (χ2v) is 13.3. The fourth-order valence-electron chi connectivity index (χ4n) is 7.85. The molecule has 0 bridgehead atoms. The van der Waals surface area contributed by atoms with Crippen LogP contribution >= 0.6 is 0 Å². The lowest BCUT2D eigenvalue weighted by Crippen LogP contribution is -2.12. The Bertz CT molecular complexity index is 2920. The molecule has 1 heterocycles. The molecule has 10 aromatic rings. The van der Waals surface area contributed by atoms with E-state index in [1.807, 2.05) is 12.1 Å². The molecule has 0 unspecified atom stereocenters. The first-order valence-corrected chi connectivity index (χ1v) is 17.8. The molecule has 9 aromatic carbocycles. The third-order valence-electron chi connectivity index (χ3n) is 10.3. The first-order chi connectivity index (χ1) is 25.8. The van der Waals surface area contributed by atoms with Gasteiger partial charge in [-0.3, -0.25) is 0 Å². The van der Waals surface area contributed by atoms with Gasteiger partial charge >= 0.3 is 0 Å². The number of rotatable bonds is 6. The van der Waals surface area contributed by atoms with Crippen molar-refractivity contribution in [1.82, 2.24) is 0 Å². The van der Waals surface area contributed by atoms with E-state index in [1.54, 1.807) is 0 Å². The summed E-state index contributed by atoms with van der Waals surface area (Å²) in [4.78, 5) is 2.43. The molecule has 244 valence electrons. The summed E-state index contributed by atoms with van der Waals surface area (Å²) in [5.74, 6) is 0. The molecule has 0 aliphatic rings. The van der Waals surface area contributed by atoms with Crippen LogP contribution in [-0.4, -0.2) is 0 Å². The number of anilines is 3. The second kappa shape index (κ2) is 12.5. The summed E-state index contributed by atoms with van der Waals surface area (Å²) in [5, 5.41) is 7.27. The molecule has 0 radical (unpaired) electrons. The normalized spacial score (nSPS) is 11.5. The smallest absolute Gasteiger partial charge is 0.135 e. The van der Waals surface area contributed by atoms with Gasteiger partial charge in [0.05, 0.1) is 11.4 Å². The van der Waals surface area contributed by atoms with Crippen LogP contribution in [0.2, 0.25) is 0 Å². The van der Waals surface area contributed by atoms with Crippen LogP contribution in [-0.2, 0) is 0 Å². The van der Waals surface area contributed by atoms with E-state index in [9.17, 15) is 0 Å². The van der Waals surface area contributed by atoms with Crippen LogP contribution in [0.15, 0.2) is 205 Å². The highest BCUT2D eigenvalue weighted by molar-refractivity contribution is 6.12. The van der Waals surface area contributed by atoms with Gasteiger partial charge in [-0.25, -0.2) is 0 Å². The summed E-state index contributed by atoms with van der Waals surface area (Å²) < 4.78 is 6.22. The van der Waals surface area contributed by atoms with Crippen molar-refractivity contribution < 1.29 is 4.42 Å². The standard InChI is InChI=1S/C50H33NO/c1-2-14-34(15-3-1)41-20-6-9-25-47(41)51(48-26-10-7-21-42(48)37-29-31-50-46(33-37)45-22-8-11-27-49(45)52-50)38-18-12-17-36(32-38)40-23-13-24-43-39-19-5-4-16-35(39)28-30-44(40)43/h1-33H. The topological polar surface area (TPSA) is 16.4 Å². The lowest BCUT2D eigenvalue weighted by molar-refractivity contribution is 0.669. The minimum Gasteiger partial charge on any atom is -0.456 e. The highest BCUT2D eigenvalue weighted by Crippen LogP contribution is 2.46. The van der Waals surface area contributed by atoms with Crippen molar-refractivity contribution in [2.45, 2.75) is 0 Å². The minimum absolute atomic E-state index is 0.893. The van der Waals surface area contributed by atoms with Crippen molar-refractivity contribution in [3.8, 4) is 33.4 Å². The summed E-state index contributed by atoms with van der Waals surface area (Å²) in [7, 11) is 0. The van der Waals surface area contributed by atoms with E-state index in [0.29, 0.717) is 0 Å². The van der Waals surface area contributed by atoms with Crippen molar-refractivity contribution in [2.24, 2.45) is 0 Å². The summed E-state index contributed by atoms with van der Waals surface area (Å²) in [6.45, 7) is 0. The molecule has 0 spiro atoms. The van der Waals surface area contributed by atoms with E-state index >= 15 is 0 Å². The first kappa shape index (κ1) is 30.0. The number of hydrogen-bond donors (Lipinski definition) is 0. The fraction of sp³-hybridized carbons (Fsp3) is 0. The number of fused-ring (bicyclic) bond motifs is 6. The average molecular weight is 664 g/mol. The van der Waals surface area contributed by atoms with Crippen LogP contribution < -0.4 is 4.90 Å². The number of para-hydroxylation sites is 3. The van der Waals surface area contributed by atoms with E-state index in [4.69, 9.17) is 4.42 Å². The van der Waals surface area contributed by atoms with Crippen LogP contribution in [0.4, 0.5) is 17.1 Å². The second-order valence-electron chi connectivity index (χ2n) is 13.3. The van der Waals surface area contributed by atoms with Crippen LogP contribution in [0.5, 0.6) is 0 Å². The van der Waals surface area contributed by atoms with Gasteiger partial charge in [0, 0.05) is 27.6 Å². The Balaban J connectivity index is 1.20. The molecular formula is C50H33NO. The SMILES string of the molecule is c1ccc(-c2ccccc2N(c2cccc(-c3cccc4c3ccc3ccccc34)c2)c2ccccc2-c2ccc3oc4ccccc4c3c2)cc1. The molecule has 0 atom stereocenters. The van der Waals surface area contributed by atoms with Gasteiger partial charge in [0.2, 0.25) is 0 Å². The zero-order valence-corrected chi connectivity index (χ0v) is 28.4. The molecule has 0 aliphatic carbocycles. The molecule has 0 aliphatic heterocycles. The predicted molar refractivity (Wildman–Crippen MR) is 220 cm³/mol. The van der Waals surface area contributed by atoms with Gasteiger partial charge in [-0.2, -0.15) is 0 Å². The number of hydrogen-bond acceptors (Lipinski definition) is 2. The lowest BCUT2D eigenvalue weighted by Gasteiger charge is -2.30. The summed E-state index contributed by atoms with van der Waals surface area (Å²) >= 11 is 0. The fourth-order valence-corrected chi connectivity index (χ4v) is 7.85. The largest absolute Gasteiger partial charge is 0.456 e. The molecule has 10 rings (SSSR count). The summed E-state index contributed by atoms with van der Waals surface area (Å²) in [6, 6.07) is 71.8. The van der Waals surface area contributed by atoms with Crippen LogP contribution in [0.25, 0.3) is 76.9 Å². The van der Waals surface area contributed by atoms with E-state index in [-0.39, 0.29) is 0 Å². The van der Waals surface area contributed by atoms with Crippen molar-refractivity contribution in [2.75, 3.05) is 4.90 Å². The zero-order chi connectivity index (χ0) is 34.4. The van der Waals surface area contributed by atoms with E-state index in [2.05, 4.69) is 193 Å². The molecule has 0 saturated carbocycles. The Labute approximate surface area is 302 Å². The van der Waals surface area contributed by atoms with Gasteiger partial charge < -0.3 is 9.32 Å². The molecular weight excluding hydrogens is 631 g/mol. The maximum Gasteiger partial charge on any atom is 0.135 e. The van der Waals surface area contributed by atoms with Crippen molar-refractivity contribution in [1.29, 1.82) is 0 Å². The minimum atomic E-state index is 0.893. The van der Waals surface area contributed by atoms with Crippen LogP contribution in [0.3, 0.4) is 0 Å². The highest BCUT2D eigenvalue weighted by Gasteiger charge is 2.21.